The van der Waals surface area contributed by atoms with Crippen molar-refractivity contribution in [1.29, 1.82) is 0 Å². The normalized spacial score (nSPS) is 14.2. The van der Waals surface area contributed by atoms with Gasteiger partial charge in [-0.2, -0.15) is 0 Å². The van der Waals surface area contributed by atoms with Gasteiger partial charge in [-0.15, -0.1) is 11.8 Å². The minimum Gasteiger partial charge on any atom is -0.368 e. The van der Waals surface area contributed by atoms with Crippen LogP contribution in [0, 0.1) is 10.1 Å². The van der Waals surface area contributed by atoms with Crippen molar-refractivity contribution < 1.29 is 9.72 Å². The first-order chi connectivity index (χ1) is 13.1. The van der Waals surface area contributed by atoms with Crippen LogP contribution in [-0.4, -0.2) is 47.7 Å². The highest BCUT2D eigenvalue weighted by Gasteiger charge is 2.21. The maximum absolute atomic E-state index is 12.4. The van der Waals surface area contributed by atoms with Crippen molar-refractivity contribution >= 4 is 29.0 Å². The quantitative estimate of drug-likeness (QED) is 0.314. The first-order valence-corrected chi connectivity index (χ1v) is 10.1. The highest BCUT2D eigenvalue weighted by atomic mass is 32.2. The van der Waals surface area contributed by atoms with Gasteiger partial charge < -0.3 is 9.80 Å². The maximum Gasteiger partial charge on any atom is 0.269 e. The molecule has 0 spiro atoms. The first kappa shape index (κ1) is 19.2. The van der Waals surface area contributed by atoms with Gasteiger partial charge in [0.1, 0.15) is 0 Å². The number of thioether (sulfide) groups is 1. The van der Waals surface area contributed by atoms with Crippen LogP contribution in [0.2, 0.25) is 0 Å². The van der Waals surface area contributed by atoms with E-state index in [4.69, 9.17) is 0 Å². The standard InChI is InChI=1S/C20H23N3O3S/c24-20(7-4-16-27-19-5-2-1-3-6-19)22-14-12-21(13-15-22)17-8-10-18(11-9-17)23(25)26/h1-3,5-6,8-11H,4,7,12-16H2. The van der Waals surface area contributed by atoms with Crippen LogP contribution in [-0.2, 0) is 4.79 Å². The summed E-state index contributed by atoms with van der Waals surface area (Å²) in [5.74, 6) is 1.16. The minimum atomic E-state index is -0.392. The fourth-order valence-corrected chi connectivity index (χ4v) is 3.96. The summed E-state index contributed by atoms with van der Waals surface area (Å²) in [7, 11) is 0. The average molecular weight is 385 g/mol. The van der Waals surface area contributed by atoms with Gasteiger partial charge in [-0.05, 0) is 36.4 Å². The Morgan fingerprint density at radius 3 is 2.30 bits per heavy atom. The number of hydrogen-bond donors (Lipinski definition) is 0. The summed E-state index contributed by atoms with van der Waals surface area (Å²) in [5.41, 5.74) is 1.06. The van der Waals surface area contributed by atoms with Crippen molar-refractivity contribution in [2.24, 2.45) is 0 Å². The number of nitro groups is 1. The third kappa shape index (κ3) is 5.47. The molecule has 1 fully saturated rings. The number of hydrogen-bond acceptors (Lipinski definition) is 5. The maximum atomic E-state index is 12.4. The van der Waals surface area contributed by atoms with E-state index >= 15 is 0 Å². The highest BCUT2D eigenvalue weighted by molar-refractivity contribution is 7.99. The third-order valence-corrected chi connectivity index (χ3v) is 5.70. The second kappa shape index (κ2) is 9.41. The number of carbonyl (C=O) groups excluding carboxylic acids is 1. The molecule has 3 rings (SSSR count). The molecule has 0 N–H and O–H groups in total. The molecular weight excluding hydrogens is 362 g/mol. The summed E-state index contributed by atoms with van der Waals surface area (Å²) in [4.78, 5) is 28.1. The number of anilines is 1. The van der Waals surface area contributed by atoms with Gasteiger partial charge in [-0.25, -0.2) is 0 Å². The Kier molecular flexibility index (Phi) is 6.70. The molecule has 1 aliphatic heterocycles. The number of carbonyl (C=O) groups is 1. The Morgan fingerprint density at radius 2 is 1.67 bits per heavy atom. The zero-order valence-corrected chi connectivity index (χ0v) is 15.9. The number of piperazine rings is 1. The van der Waals surface area contributed by atoms with E-state index < -0.39 is 4.92 Å². The van der Waals surface area contributed by atoms with Crippen LogP contribution >= 0.6 is 11.8 Å². The minimum absolute atomic E-state index is 0.0981. The molecule has 2 aromatic carbocycles. The lowest BCUT2D eigenvalue weighted by Crippen LogP contribution is -2.48. The first-order valence-electron chi connectivity index (χ1n) is 9.08. The molecule has 0 saturated carbocycles. The van der Waals surface area contributed by atoms with E-state index in [1.165, 1.54) is 17.0 Å². The predicted molar refractivity (Wildman–Crippen MR) is 108 cm³/mol. The molecule has 0 atom stereocenters. The van der Waals surface area contributed by atoms with Crippen molar-refractivity contribution in [3.63, 3.8) is 0 Å². The monoisotopic (exact) mass is 385 g/mol. The second-order valence-electron chi connectivity index (χ2n) is 6.41. The number of non-ortho nitro benzene ring substituents is 1. The molecule has 2 aromatic rings. The molecule has 0 bridgehead atoms. The zero-order chi connectivity index (χ0) is 19.1. The van der Waals surface area contributed by atoms with Gasteiger partial charge in [0, 0.05) is 55.3 Å². The Morgan fingerprint density at radius 1 is 1.00 bits per heavy atom. The van der Waals surface area contributed by atoms with Crippen LogP contribution in [0.15, 0.2) is 59.5 Å². The van der Waals surface area contributed by atoms with E-state index in [9.17, 15) is 14.9 Å². The SMILES string of the molecule is O=C(CCCSc1ccccc1)N1CCN(c2ccc([N+](=O)[O-])cc2)CC1. The molecule has 1 saturated heterocycles. The van der Waals surface area contributed by atoms with Crippen LogP contribution in [0.3, 0.4) is 0 Å². The lowest BCUT2D eigenvalue weighted by Gasteiger charge is -2.36. The van der Waals surface area contributed by atoms with Crippen LogP contribution in [0.1, 0.15) is 12.8 Å². The topological polar surface area (TPSA) is 66.7 Å². The van der Waals surface area contributed by atoms with Crippen molar-refractivity contribution in [2.75, 3.05) is 36.8 Å². The molecule has 0 unspecified atom stereocenters. The van der Waals surface area contributed by atoms with E-state index in [1.54, 1.807) is 23.9 Å². The second-order valence-corrected chi connectivity index (χ2v) is 7.57. The van der Waals surface area contributed by atoms with Crippen LogP contribution in [0.5, 0.6) is 0 Å². The summed E-state index contributed by atoms with van der Waals surface area (Å²) < 4.78 is 0. The van der Waals surface area contributed by atoms with Crippen molar-refractivity contribution in [3.8, 4) is 0 Å². The van der Waals surface area contributed by atoms with Crippen LogP contribution < -0.4 is 4.90 Å². The van der Waals surface area contributed by atoms with Crippen LogP contribution in [0.4, 0.5) is 11.4 Å². The molecule has 142 valence electrons. The van der Waals surface area contributed by atoms with Gasteiger partial charge in [0.2, 0.25) is 5.91 Å². The number of nitrogens with zero attached hydrogens (tertiary/aromatic N) is 3. The molecule has 6 nitrogen and oxygen atoms in total. The average Bonchev–Trinajstić information content (AvgIpc) is 2.72. The van der Waals surface area contributed by atoms with Gasteiger partial charge in [0.05, 0.1) is 4.92 Å². The van der Waals surface area contributed by atoms with Crippen molar-refractivity contribution in [1.82, 2.24) is 4.90 Å². The summed E-state index contributed by atoms with van der Waals surface area (Å²) in [6.07, 6.45) is 1.46. The predicted octanol–water partition coefficient (Wildman–Crippen LogP) is 3.82. The summed E-state index contributed by atoms with van der Waals surface area (Å²) in [5, 5.41) is 10.7. The van der Waals surface area contributed by atoms with Crippen molar-refractivity contribution in [2.45, 2.75) is 17.7 Å². The fourth-order valence-electron chi connectivity index (χ4n) is 3.09. The summed E-state index contributed by atoms with van der Waals surface area (Å²) in [6.45, 7) is 2.90. The van der Waals surface area contributed by atoms with Crippen LogP contribution in [0.25, 0.3) is 0 Å². The number of nitro benzene ring substituents is 1. The van der Waals surface area contributed by atoms with E-state index in [0.29, 0.717) is 19.5 Å². The lowest BCUT2D eigenvalue weighted by atomic mass is 10.2. The Hall–Kier alpha value is -2.54. The van der Waals surface area contributed by atoms with Gasteiger partial charge in [0.25, 0.3) is 5.69 Å². The fraction of sp³-hybridized carbons (Fsp3) is 0.350. The third-order valence-electron chi connectivity index (χ3n) is 4.60. The number of benzene rings is 2. The largest absolute Gasteiger partial charge is 0.368 e. The lowest BCUT2D eigenvalue weighted by molar-refractivity contribution is -0.384. The van der Waals surface area contributed by atoms with Gasteiger partial charge >= 0.3 is 0 Å². The van der Waals surface area contributed by atoms with Gasteiger partial charge in [-0.3, -0.25) is 14.9 Å². The van der Waals surface area contributed by atoms with Gasteiger partial charge in [0.15, 0.2) is 0 Å². The zero-order valence-electron chi connectivity index (χ0n) is 15.1. The molecule has 27 heavy (non-hydrogen) atoms. The van der Waals surface area contributed by atoms with E-state index in [1.807, 2.05) is 23.1 Å². The van der Waals surface area contributed by atoms with E-state index in [0.717, 1.165) is 31.0 Å². The summed E-state index contributed by atoms with van der Waals surface area (Å²) >= 11 is 1.78. The molecule has 1 heterocycles. The Bertz CT molecular complexity index is 760. The molecular formula is C20H23N3O3S. The molecule has 0 aromatic heterocycles. The molecule has 0 radical (unpaired) electrons. The van der Waals surface area contributed by atoms with E-state index in [2.05, 4.69) is 17.0 Å². The van der Waals surface area contributed by atoms with Gasteiger partial charge in [-0.1, -0.05) is 18.2 Å². The number of rotatable bonds is 7. The summed E-state index contributed by atoms with van der Waals surface area (Å²) in [6, 6.07) is 16.8. The smallest absolute Gasteiger partial charge is 0.269 e. The van der Waals surface area contributed by atoms with Crippen molar-refractivity contribution in [3.05, 3.63) is 64.7 Å². The van der Waals surface area contributed by atoms with E-state index in [-0.39, 0.29) is 11.6 Å². The molecule has 1 amide bonds. The number of amides is 1. The highest BCUT2D eigenvalue weighted by Crippen LogP contribution is 2.21. The Balaban J connectivity index is 1.39. The molecule has 0 aliphatic carbocycles. The molecule has 7 heteroatoms. The molecule has 1 aliphatic rings. The Labute approximate surface area is 163 Å².